The first kappa shape index (κ1) is 9.86. The molecule has 1 N–H and O–H groups in total. The van der Waals surface area contributed by atoms with E-state index in [-0.39, 0.29) is 0 Å². The number of hydrogen-bond acceptors (Lipinski definition) is 1. The third kappa shape index (κ3) is 1.21. The Hall–Kier alpha value is -1.34. The maximum absolute atomic E-state index is 3.64. The Morgan fingerprint density at radius 2 is 1.81 bits per heavy atom. The van der Waals surface area contributed by atoms with Gasteiger partial charge in [-0.25, -0.2) is 0 Å². The quantitative estimate of drug-likeness (QED) is 0.697. The molecule has 3 rings (SSSR count). The van der Waals surface area contributed by atoms with Crippen molar-refractivity contribution in [1.82, 2.24) is 5.32 Å². The average molecular weight is 211 g/mol. The number of aryl methyl sites for hydroxylation is 1. The van der Waals surface area contributed by atoms with Gasteiger partial charge in [0.15, 0.2) is 0 Å². The number of hydrogen-bond donors (Lipinski definition) is 1. The van der Waals surface area contributed by atoms with E-state index in [2.05, 4.69) is 56.4 Å². The van der Waals surface area contributed by atoms with Crippen molar-refractivity contribution < 1.29 is 0 Å². The lowest BCUT2D eigenvalue weighted by Crippen LogP contribution is -2.27. The molecule has 0 fully saturated rings. The molecule has 16 heavy (non-hydrogen) atoms. The fourth-order valence-electron chi connectivity index (χ4n) is 3.01. The van der Waals surface area contributed by atoms with Gasteiger partial charge in [0.25, 0.3) is 0 Å². The summed E-state index contributed by atoms with van der Waals surface area (Å²) in [6.07, 6.45) is 0. The first-order valence-corrected chi connectivity index (χ1v) is 5.96. The molecule has 2 unspecified atom stereocenters. The van der Waals surface area contributed by atoms with Crippen LogP contribution in [-0.2, 0) is 0 Å². The van der Waals surface area contributed by atoms with Gasteiger partial charge in [-0.2, -0.15) is 0 Å². The van der Waals surface area contributed by atoms with Gasteiger partial charge in [0.1, 0.15) is 0 Å². The van der Waals surface area contributed by atoms with Crippen LogP contribution in [0.5, 0.6) is 0 Å². The van der Waals surface area contributed by atoms with Gasteiger partial charge in [0.05, 0.1) is 0 Å². The van der Waals surface area contributed by atoms with Crippen LogP contribution in [0.25, 0.3) is 10.8 Å². The van der Waals surface area contributed by atoms with Gasteiger partial charge in [-0.05, 0) is 48.2 Å². The summed E-state index contributed by atoms with van der Waals surface area (Å²) in [6.45, 7) is 6.71. The predicted octanol–water partition coefficient (Wildman–Crippen LogP) is 3.87. The molecule has 1 aliphatic rings. The van der Waals surface area contributed by atoms with Crippen LogP contribution in [0, 0.1) is 6.92 Å². The molecule has 0 aliphatic carbocycles. The molecule has 0 bridgehead atoms. The maximum atomic E-state index is 3.64. The molecular weight excluding hydrogens is 194 g/mol. The molecule has 0 amide bonds. The highest BCUT2D eigenvalue weighted by Crippen LogP contribution is 2.37. The van der Waals surface area contributed by atoms with Crippen LogP contribution in [0.1, 0.15) is 42.6 Å². The van der Waals surface area contributed by atoms with Gasteiger partial charge in [0, 0.05) is 12.1 Å². The van der Waals surface area contributed by atoms with Gasteiger partial charge in [-0.15, -0.1) is 0 Å². The van der Waals surface area contributed by atoms with Crippen LogP contribution in [0.4, 0.5) is 0 Å². The van der Waals surface area contributed by atoms with Crippen molar-refractivity contribution in [2.45, 2.75) is 32.9 Å². The number of nitrogens with one attached hydrogen (secondary N) is 1. The van der Waals surface area contributed by atoms with Crippen molar-refractivity contribution in [2.24, 2.45) is 0 Å². The molecule has 2 aromatic rings. The Morgan fingerprint density at radius 3 is 2.62 bits per heavy atom. The van der Waals surface area contributed by atoms with E-state index in [1.807, 2.05) is 0 Å². The third-order valence-electron chi connectivity index (χ3n) is 3.74. The van der Waals surface area contributed by atoms with Crippen molar-refractivity contribution in [3.05, 3.63) is 47.0 Å². The largest absolute Gasteiger partial charge is 0.304 e. The van der Waals surface area contributed by atoms with Gasteiger partial charge in [-0.3, -0.25) is 0 Å². The lowest BCUT2D eigenvalue weighted by Gasteiger charge is -2.31. The van der Waals surface area contributed by atoms with Gasteiger partial charge < -0.3 is 5.32 Å². The highest BCUT2D eigenvalue weighted by Gasteiger charge is 2.23. The molecule has 0 radical (unpaired) electrons. The first-order chi connectivity index (χ1) is 7.68. The van der Waals surface area contributed by atoms with E-state index in [0.29, 0.717) is 12.1 Å². The number of benzene rings is 2. The molecule has 1 heterocycles. The van der Waals surface area contributed by atoms with Crippen LogP contribution in [0.2, 0.25) is 0 Å². The van der Waals surface area contributed by atoms with Crippen LogP contribution in [-0.4, -0.2) is 0 Å². The SMILES string of the molecule is Cc1ccc2cccc3c2c1C(C)NC3C. The third-order valence-corrected chi connectivity index (χ3v) is 3.74. The Morgan fingerprint density at radius 1 is 1.00 bits per heavy atom. The second-order valence-corrected chi connectivity index (χ2v) is 4.85. The van der Waals surface area contributed by atoms with E-state index in [1.54, 1.807) is 0 Å². The Balaban J connectivity index is 2.49. The lowest BCUT2D eigenvalue weighted by molar-refractivity contribution is 0.485. The molecule has 0 saturated heterocycles. The van der Waals surface area contributed by atoms with Gasteiger partial charge >= 0.3 is 0 Å². The van der Waals surface area contributed by atoms with E-state index in [0.717, 1.165) is 0 Å². The summed E-state index contributed by atoms with van der Waals surface area (Å²) >= 11 is 0. The van der Waals surface area contributed by atoms with E-state index in [4.69, 9.17) is 0 Å². The molecule has 2 aromatic carbocycles. The van der Waals surface area contributed by atoms with Crippen molar-refractivity contribution in [3.63, 3.8) is 0 Å². The Bertz CT molecular complexity index is 557. The molecule has 1 nitrogen and oxygen atoms in total. The van der Waals surface area contributed by atoms with Crippen molar-refractivity contribution in [2.75, 3.05) is 0 Å². The van der Waals surface area contributed by atoms with E-state index >= 15 is 0 Å². The van der Waals surface area contributed by atoms with Crippen LogP contribution in [0.3, 0.4) is 0 Å². The summed E-state index contributed by atoms with van der Waals surface area (Å²) < 4.78 is 0. The average Bonchev–Trinajstić information content (AvgIpc) is 2.26. The minimum Gasteiger partial charge on any atom is -0.304 e. The highest BCUT2D eigenvalue weighted by molar-refractivity contribution is 5.91. The second kappa shape index (κ2) is 3.33. The Labute approximate surface area is 96.5 Å². The molecule has 0 saturated carbocycles. The van der Waals surface area contributed by atoms with Crippen LogP contribution < -0.4 is 5.32 Å². The first-order valence-electron chi connectivity index (χ1n) is 5.96. The molecule has 0 spiro atoms. The van der Waals surface area contributed by atoms with Crippen molar-refractivity contribution >= 4 is 10.8 Å². The second-order valence-electron chi connectivity index (χ2n) is 4.85. The lowest BCUT2D eigenvalue weighted by atomic mass is 9.86. The molecular formula is C15H17N. The Kier molecular flexibility index (Phi) is 2.05. The van der Waals surface area contributed by atoms with Crippen molar-refractivity contribution in [3.8, 4) is 0 Å². The zero-order valence-corrected chi connectivity index (χ0v) is 10.0. The summed E-state index contributed by atoms with van der Waals surface area (Å²) in [6, 6.07) is 12.0. The molecule has 2 atom stereocenters. The summed E-state index contributed by atoms with van der Waals surface area (Å²) in [5.74, 6) is 0. The summed E-state index contributed by atoms with van der Waals surface area (Å²) in [5.41, 5.74) is 4.31. The predicted molar refractivity (Wildman–Crippen MR) is 68.7 cm³/mol. The summed E-state index contributed by atoms with van der Waals surface area (Å²) in [5, 5.41) is 6.48. The van der Waals surface area contributed by atoms with E-state index < -0.39 is 0 Å². The zero-order valence-electron chi connectivity index (χ0n) is 10.0. The summed E-state index contributed by atoms with van der Waals surface area (Å²) in [7, 11) is 0. The van der Waals surface area contributed by atoms with E-state index in [1.165, 1.54) is 27.5 Å². The zero-order chi connectivity index (χ0) is 11.3. The summed E-state index contributed by atoms with van der Waals surface area (Å²) in [4.78, 5) is 0. The topological polar surface area (TPSA) is 12.0 Å². The monoisotopic (exact) mass is 211 g/mol. The fraction of sp³-hybridized carbons (Fsp3) is 0.333. The normalized spacial score (nSPS) is 23.7. The molecule has 1 aliphatic heterocycles. The molecule has 0 aromatic heterocycles. The van der Waals surface area contributed by atoms with Crippen LogP contribution >= 0.6 is 0 Å². The highest BCUT2D eigenvalue weighted by atomic mass is 14.9. The molecule has 1 heteroatoms. The number of rotatable bonds is 0. The minimum absolute atomic E-state index is 0.452. The van der Waals surface area contributed by atoms with Gasteiger partial charge in [0.2, 0.25) is 0 Å². The van der Waals surface area contributed by atoms with Crippen molar-refractivity contribution in [1.29, 1.82) is 0 Å². The standard InChI is InChI=1S/C15H17N/c1-9-7-8-12-5-4-6-13-10(2)16-11(3)14(9)15(12)13/h4-8,10-11,16H,1-3H3. The van der Waals surface area contributed by atoms with E-state index in [9.17, 15) is 0 Å². The molecule has 82 valence electrons. The van der Waals surface area contributed by atoms with Gasteiger partial charge in [-0.1, -0.05) is 30.3 Å². The van der Waals surface area contributed by atoms with Crippen LogP contribution in [0.15, 0.2) is 30.3 Å². The fourth-order valence-corrected chi connectivity index (χ4v) is 3.01. The minimum atomic E-state index is 0.452. The maximum Gasteiger partial charge on any atom is 0.0306 e. The smallest absolute Gasteiger partial charge is 0.0306 e.